The molecule has 1 aromatic carbocycles. The van der Waals surface area contributed by atoms with Crippen LogP contribution in [0.3, 0.4) is 0 Å². The maximum Gasteiger partial charge on any atom is 0.312 e. The predicted molar refractivity (Wildman–Crippen MR) is 93.1 cm³/mol. The van der Waals surface area contributed by atoms with Gasteiger partial charge in [-0.05, 0) is 25.5 Å². The van der Waals surface area contributed by atoms with E-state index in [1.165, 1.54) is 0 Å². The minimum absolute atomic E-state index is 0.0480. The molecule has 2 saturated heterocycles. The predicted octanol–water partition coefficient (Wildman–Crippen LogP) is 2.62. The molecule has 1 spiro atoms. The molecule has 5 nitrogen and oxygen atoms in total. The minimum Gasteiger partial charge on any atom is -0.465 e. The fourth-order valence-corrected chi connectivity index (χ4v) is 4.12. The molecule has 3 aliphatic rings. The smallest absolute Gasteiger partial charge is 0.312 e. The number of benzene rings is 1. The quantitative estimate of drug-likeness (QED) is 0.469. The average molecular weight is 341 g/mol. The van der Waals surface area contributed by atoms with Crippen molar-refractivity contribution >= 4 is 17.6 Å². The third-order valence-electron chi connectivity index (χ3n) is 5.46. The second-order valence-electron chi connectivity index (χ2n) is 7.18. The first kappa shape index (κ1) is 16.3. The summed E-state index contributed by atoms with van der Waals surface area (Å²) in [6.07, 6.45) is 5.33. The first-order chi connectivity index (χ1) is 12.1. The van der Waals surface area contributed by atoms with Crippen molar-refractivity contribution in [2.75, 3.05) is 18.1 Å². The van der Waals surface area contributed by atoms with Crippen LogP contribution in [0.1, 0.15) is 25.3 Å². The van der Waals surface area contributed by atoms with Crippen molar-refractivity contribution in [2.24, 2.45) is 11.8 Å². The lowest BCUT2D eigenvalue weighted by Gasteiger charge is -2.22. The Hall–Kier alpha value is -2.14. The summed E-state index contributed by atoms with van der Waals surface area (Å²) in [7, 11) is 0. The average Bonchev–Trinajstić information content (AvgIpc) is 3.24. The van der Waals surface area contributed by atoms with Gasteiger partial charge in [0.1, 0.15) is 11.5 Å². The maximum absolute atomic E-state index is 13.1. The number of amides is 1. The molecule has 0 saturated carbocycles. The number of hydrogen-bond acceptors (Lipinski definition) is 4. The highest BCUT2D eigenvalue weighted by Crippen LogP contribution is 2.52. The van der Waals surface area contributed by atoms with Gasteiger partial charge < -0.3 is 14.4 Å². The van der Waals surface area contributed by atoms with Crippen molar-refractivity contribution in [3.8, 4) is 0 Å². The van der Waals surface area contributed by atoms with Crippen LogP contribution in [0.5, 0.6) is 0 Å². The lowest BCUT2D eigenvalue weighted by molar-refractivity contribution is -0.152. The van der Waals surface area contributed by atoms with Crippen molar-refractivity contribution in [2.45, 2.75) is 38.4 Å². The number of hydrogen-bond donors (Lipinski definition) is 0. The van der Waals surface area contributed by atoms with Crippen LogP contribution in [-0.4, -0.2) is 36.7 Å². The van der Waals surface area contributed by atoms with Gasteiger partial charge in [0, 0.05) is 5.69 Å². The van der Waals surface area contributed by atoms with Crippen molar-refractivity contribution < 1.29 is 19.1 Å². The van der Waals surface area contributed by atoms with Crippen LogP contribution in [0.25, 0.3) is 0 Å². The number of carbonyl (C=O) groups excluding carboxylic acids is 2. The molecule has 3 aliphatic heterocycles. The zero-order valence-corrected chi connectivity index (χ0v) is 14.6. The number of nitrogens with zero attached hydrogens (tertiary/aromatic N) is 1. The van der Waals surface area contributed by atoms with E-state index in [0.717, 1.165) is 24.1 Å². The highest BCUT2D eigenvalue weighted by molar-refractivity contribution is 6.02. The molecule has 4 rings (SSSR count). The van der Waals surface area contributed by atoms with E-state index in [0.29, 0.717) is 13.2 Å². The summed E-state index contributed by atoms with van der Waals surface area (Å²) in [6.45, 7) is 4.91. The number of aryl methyl sites for hydroxylation is 1. The standard InChI is InChI=1S/C20H23NO4/c1-3-4-11-24-19(23)16-15-9-10-20(25-15)12-21(18(22)17(16)20)14-7-5-13(2)6-8-14/h5-10,15-17H,3-4,11-12H2,1-2H3/t15-,16+,17-,20+/m0/s1. The highest BCUT2D eigenvalue weighted by Gasteiger charge is 2.67. The Bertz CT molecular complexity index is 726. The van der Waals surface area contributed by atoms with Gasteiger partial charge in [0.05, 0.1) is 25.2 Å². The second-order valence-corrected chi connectivity index (χ2v) is 7.18. The van der Waals surface area contributed by atoms with E-state index in [9.17, 15) is 9.59 Å². The number of anilines is 1. The number of unbranched alkanes of at least 4 members (excludes halogenated alkanes) is 1. The normalized spacial score (nSPS) is 32.3. The third-order valence-corrected chi connectivity index (χ3v) is 5.46. The Labute approximate surface area is 147 Å². The zero-order valence-electron chi connectivity index (χ0n) is 14.6. The second kappa shape index (κ2) is 5.99. The molecule has 0 N–H and O–H groups in total. The molecule has 4 atom stereocenters. The van der Waals surface area contributed by atoms with E-state index < -0.39 is 17.4 Å². The van der Waals surface area contributed by atoms with Gasteiger partial charge in [0.15, 0.2) is 0 Å². The molecule has 0 aliphatic carbocycles. The SMILES string of the molecule is CCCCOC(=O)[C@@H]1[C@@H]2C=C[C@]3(CN(c4ccc(C)cc4)C(=O)[C@H]13)O2. The number of rotatable bonds is 5. The summed E-state index contributed by atoms with van der Waals surface area (Å²) in [5, 5.41) is 0. The molecular weight excluding hydrogens is 318 g/mol. The highest BCUT2D eigenvalue weighted by atomic mass is 16.6. The van der Waals surface area contributed by atoms with Gasteiger partial charge in [-0.15, -0.1) is 0 Å². The third kappa shape index (κ3) is 2.49. The van der Waals surface area contributed by atoms with Gasteiger partial charge in [-0.1, -0.05) is 43.2 Å². The largest absolute Gasteiger partial charge is 0.465 e. The molecule has 1 amide bonds. The topological polar surface area (TPSA) is 55.8 Å². The van der Waals surface area contributed by atoms with Crippen molar-refractivity contribution in [1.29, 1.82) is 0 Å². The van der Waals surface area contributed by atoms with Crippen LogP contribution in [0.2, 0.25) is 0 Å². The van der Waals surface area contributed by atoms with Crippen LogP contribution in [0.4, 0.5) is 5.69 Å². The Morgan fingerprint density at radius 2 is 2.12 bits per heavy atom. The first-order valence-corrected chi connectivity index (χ1v) is 8.97. The van der Waals surface area contributed by atoms with Crippen molar-refractivity contribution in [1.82, 2.24) is 0 Å². The van der Waals surface area contributed by atoms with Gasteiger partial charge >= 0.3 is 5.97 Å². The summed E-state index contributed by atoms with van der Waals surface area (Å²) >= 11 is 0. The Morgan fingerprint density at radius 3 is 2.84 bits per heavy atom. The molecule has 132 valence electrons. The molecule has 0 unspecified atom stereocenters. The van der Waals surface area contributed by atoms with Gasteiger partial charge in [0.2, 0.25) is 5.91 Å². The van der Waals surface area contributed by atoms with Crippen LogP contribution in [0, 0.1) is 18.8 Å². The molecule has 3 heterocycles. The summed E-state index contributed by atoms with van der Waals surface area (Å²) < 4.78 is 11.5. The Kier molecular flexibility index (Phi) is 3.91. The van der Waals surface area contributed by atoms with E-state index in [4.69, 9.17) is 9.47 Å². The van der Waals surface area contributed by atoms with Gasteiger partial charge in [-0.2, -0.15) is 0 Å². The first-order valence-electron chi connectivity index (χ1n) is 8.97. The molecule has 25 heavy (non-hydrogen) atoms. The maximum atomic E-state index is 13.1. The summed E-state index contributed by atoms with van der Waals surface area (Å²) in [5.41, 5.74) is 1.29. The lowest BCUT2D eigenvalue weighted by Crippen LogP contribution is -2.40. The zero-order chi connectivity index (χ0) is 17.6. The minimum atomic E-state index is -0.693. The number of esters is 1. The lowest BCUT2D eigenvalue weighted by atomic mass is 9.77. The Balaban J connectivity index is 1.59. The van der Waals surface area contributed by atoms with Crippen molar-refractivity contribution in [3.63, 3.8) is 0 Å². The fraction of sp³-hybridized carbons (Fsp3) is 0.500. The molecule has 2 fully saturated rings. The summed E-state index contributed by atoms with van der Waals surface area (Å²) in [5.74, 6) is -1.38. The molecule has 1 aromatic rings. The van der Waals surface area contributed by atoms with Gasteiger partial charge in [0.25, 0.3) is 0 Å². The summed E-state index contributed by atoms with van der Waals surface area (Å²) in [6, 6.07) is 7.85. The fourth-order valence-electron chi connectivity index (χ4n) is 4.12. The van der Waals surface area contributed by atoms with Crippen LogP contribution in [-0.2, 0) is 19.1 Å². The van der Waals surface area contributed by atoms with E-state index in [2.05, 4.69) is 0 Å². The van der Waals surface area contributed by atoms with E-state index in [1.54, 1.807) is 4.90 Å². The van der Waals surface area contributed by atoms with E-state index in [1.807, 2.05) is 50.3 Å². The van der Waals surface area contributed by atoms with Gasteiger partial charge in [-0.3, -0.25) is 9.59 Å². The van der Waals surface area contributed by atoms with E-state index >= 15 is 0 Å². The molecule has 0 radical (unpaired) electrons. The number of fused-ring (bicyclic) bond motifs is 1. The molecular formula is C20H23NO4. The monoisotopic (exact) mass is 341 g/mol. The number of ether oxygens (including phenoxy) is 2. The van der Waals surface area contributed by atoms with E-state index in [-0.39, 0.29) is 18.0 Å². The van der Waals surface area contributed by atoms with Crippen LogP contribution in [0.15, 0.2) is 36.4 Å². The van der Waals surface area contributed by atoms with Crippen LogP contribution < -0.4 is 4.90 Å². The molecule has 5 heteroatoms. The molecule has 2 bridgehead atoms. The van der Waals surface area contributed by atoms with Crippen LogP contribution >= 0.6 is 0 Å². The van der Waals surface area contributed by atoms with Crippen molar-refractivity contribution in [3.05, 3.63) is 42.0 Å². The molecule has 0 aromatic heterocycles. The van der Waals surface area contributed by atoms with Gasteiger partial charge in [-0.25, -0.2) is 0 Å². The Morgan fingerprint density at radius 1 is 1.36 bits per heavy atom. The number of carbonyl (C=O) groups is 2. The summed E-state index contributed by atoms with van der Waals surface area (Å²) in [4.78, 5) is 27.4.